The zero-order valence-corrected chi connectivity index (χ0v) is 14.1. The first-order valence-corrected chi connectivity index (χ1v) is 9.03. The maximum Gasteiger partial charge on any atom is 0.123 e. The zero-order valence-electron chi connectivity index (χ0n) is 13.3. The highest BCUT2D eigenvalue weighted by Gasteiger charge is 2.16. The van der Waals surface area contributed by atoms with Gasteiger partial charge in [0.15, 0.2) is 0 Å². The molecule has 3 rings (SSSR count). The molecule has 0 bridgehead atoms. The van der Waals surface area contributed by atoms with Crippen LogP contribution in [0, 0.1) is 5.82 Å². The van der Waals surface area contributed by atoms with Crippen molar-refractivity contribution in [3.63, 3.8) is 0 Å². The average molecular weight is 334 g/mol. The molecule has 23 heavy (non-hydrogen) atoms. The van der Waals surface area contributed by atoms with Crippen LogP contribution in [0.3, 0.4) is 0 Å². The Morgan fingerprint density at radius 2 is 1.74 bits per heavy atom. The third-order valence-electron chi connectivity index (χ3n) is 4.13. The molecule has 1 saturated heterocycles. The molecule has 0 radical (unpaired) electrons. The normalized spacial score (nSPS) is 16.6. The molecule has 1 aromatic carbocycles. The third kappa shape index (κ3) is 5.30. The van der Waals surface area contributed by atoms with Gasteiger partial charge in [0, 0.05) is 44.1 Å². The first-order chi connectivity index (χ1) is 11.3. The fraction of sp³-hybridized carbons (Fsp3) is 0.444. The van der Waals surface area contributed by atoms with Crippen molar-refractivity contribution in [1.82, 2.24) is 9.80 Å². The van der Waals surface area contributed by atoms with Gasteiger partial charge in [0.1, 0.15) is 11.6 Å². The minimum absolute atomic E-state index is 0.224. The number of halogens is 1. The van der Waals surface area contributed by atoms with E-state index in [-0.39, 0.29) is 5.82 Å². The molecule has 0 saturated carbocycles. The van der Waals surface area contributed by atoms with Gasteiger partial charge in [-0.05, 0) is 42.1 Å². The molecule has 2 heterocycles. The summed E-state index contributed by atoms with van der Waals surface area (Å²) < 4.78 is 18.4. The Morgan fingerprint density at radius 3 is 2.43 bits per heavy atom. The summed E-state index contributed by atoms with van der Waals surface area (Å²) in [6.45, 7) is 7.35. The topological polar surface area (TPSA) is 15.7 Å². The molecule has 0 amide bonds. The zero-order chi connectivity index (χ0) is 15.9. The van der Waals surface area contributed by atoms with Crippen LogP contribution in [0.4, 0.5) is 4.39 Å². The number of piperazine rings is 1. The number of hydrogen-bond acceptors (Lipinski definition) is 4. The molecule has 0 N–H and O–H groups in total. The van der Waals surface area contributed by atoms with E-state index < -0.39 is 0 Å². The van der Waals surface area contributed by atoms with Crippen LogP contribution in [0.15, 0.2) is 41.8 Å². The largest absolute Gasteiger partial charge is 0.494 e. The summed E-state index contributed by atoms with van der Waals surface area (Å²) in [4.78, 5) is 6.47. The highest BCUT2D eigenvalue weighted by Crippen LogP contribution is 2.14. The predicted octanol–water partition coefficient (Wildman–Crippen LogP) is 3.47. The van der Waals surface area contributed by atoms with Gasteiger partial charge in [0.2, 0.25) is 0 Å². The van der Waals surface area contributed by atoms with Crippen LogP contribution < -0.4 is 4.74 Å². The van der Waals surface area contributed by atoms with Crippen LogP contribution in [0.1, 0.15) is 11.3 Å². The van der Waals surface area contributed by atoms with E-state index in [2.05, 4.69) is 27.3 Å². The Labute approximate surface area is 141 Å². The molecule has 1 aliphatic heterocycles. The third-order valence-corrected chi connectivity index (χ3v) is 4.99. The summed E-state index contributed by atoms with van der Waals surface area (Å²) in [5, 5.41) is 2.15. The van der Waals surface area contributed by atoms with E-state index in [9.17, 15) is 4.39 Å². The monoisotopic (exact) mass is 334 g/mol. The highest BCUT2D eigenvalue weighted by atomic mass is 32.1. The number of thiophene rings is 1. The maximum absolute atomic E-state index is 12.8. The van der Waals surface area contributed by atoms with Gasteiger partial charge in [-0.2, -0.15) is 0 Å². The standard InChI is InChI=1S/C18H23FN2OS/c19-16-4-6-17(7-5-16)22-13-2-8-20-9-11-21(12-10-20)15-18-3-1-14-23-18/h1,3-7,14H,2,8-13,15H2. The summed E-state index contributed by atoms with van der Waals surface area (Å²) in [7, 11) is 0. The summed E-state index contributed by atoms with van der Waals surface area (Å²) in [6, 6.07) is 10.6. The Kier molecular flexibility index (Phi) is 6.02. The van der Waals surface area contributed by atoms with Gasteiger partial charge in [-0.3, -0.25) is 4.90 Å². The van der Waals surface area contributed by atoms with E-state index >= 15 is 0 Å². The van der Waals surface area contributed by atoms with E-state index in [4.69, 9.17) is 4.74 Å². The highest BCUT2D eigenvalue weighted by molar-refractivity contribution is 7.09. The first-order valence-electron chi connectivity index (χ1n) is 8.15. The van der Waals surface area contributed by atoms with Gasteiger partial charge in [-0.1, -0.05) is 6.07 Å². The molecule has 0 unspecified atom stereocenters. The molecule has 1 aromatic heterocycles. The average Bonchev–Trinajstić information content (AvgIpc) is 3.08. The second-order valence-electron chi connectivity index (χ2n) is 5.85. The van der Waals surface area contributed by atoms with E-state index in [1.165, 1.54) is 17.0 Å². The lowest BCUT2D eigenvalue weighted by Gasteiger charge is -2.34. The van der Waals surface area contributed by atoms with Crippen molar-refractivity contribution in [2.75, 3.05) is 39.3 Å². The number of benzene rings is 1. The van der Waals surface area contributed by atoms with Gasteiger partial charge in [-0.15, -0.1) is 11.3 Å². The molecule has 0 spiro atoms. The Hall–Kier alpha value is -1.43. The molecule has 1 fully saturated rings. The lowest BCUT2D eigenvalue weighted by Crippen LogP contribution is -2.46. The fourth-order valence-corrected chi connectivity index (χ4v) is 3.55. The number of nitrogens with zero attached hydrogens (tertiary/aromatic N) is 2. The lowest BCUT2D eigenvalue weighted by atomic mass is 10.3. The van der Waals surface area contributed by atoms with Gasteiger partial charge >= 0.3 is 0 Å². The van der Waals surface area contributed by atoms with Crippen LogP contribution in [-0.4, -0.2) is 49.1 Å². The predicted molar refractivity (Wildman–Crippen MR) is 92.5 cm³/mol. The van der Waals surface area contributed by atoms with Crippen LogP contribution in [0.2, 0.25) is 0 Å². The molecular weight excluding hydrogens is 311 g/mol. The summed E-state index contributed by atoms with van der Waals surface area (Å²) in [5.41, 5.74) is 0. The van der Waals surface area contributed by atoms with E-state index in [1.807, 2.05) is 11.3 Å². The second-order valence-corrected chi connectivity index (χ2v) is 6.89. The fourth-order valence-electron chi connectivity index (χ4n) is 2.80. The minimum Gasteiger partial charge on any atom is -0.494 e. The summed E-state index contributed by atoms with van der Waals surface area (Å²) in [5.74, 6) is 0.518. The second kappa shape index (κ2) is 8.43. The van der Waals surface area contributed by atoms with Crippen LogP contribution >= 0.6 is 11.3 Å². The van der Waals surface area contributed by atoms with E-state index in [1.54, 1.807) is 12.1 Å². The van der Waals surface area contributed by atoms with Gasteiger partial charge < -0.3 is 9.64 Å². The van der Waals surface area contributed by atoms with E-state index in [0.29, 0.717) is 6.61 Å². The Balaban J connectivity index is 1.29. The van der Waals surface area contributed by atoms with Gasteiger partial charge in [0.05, 0.1) is 6.61 Å². The van der Waals surface area contributed by atoms with Crippen molar-refractivity contribution in [2.24, 2.45) is 0 Å². The van der Waals surface area contributed by atoms with Gasteiger partial charge in [-0.25, -0.2) is 4.39 Å². The Bertz CT molecular complexity index is 565. The number of rotatable bonds is 7. The molecule has 3 nitrogen and oxygen atoms in total. The minimum atomic E-state index is -0.224. The summed E-state index contributed by atoms with van der Waals surface area (Å²) >= 11 is 1.84. The molecule has 0 aliphatic carbocycles. The van der Waals surface area contributed by atoms with E-state index in [0.717, 1.165) is 51.4 Å². The smallest absolute Gasteiger partial charge is 0.123 e. The molecule has 0 atom stereocenters. The first kappa shape index (κ1) is 16.4. The van der Waals surface area contributed by atoms with Crippen LogP contribution in [-0.2, 0) is 6.54 Å². The molecule has 5 heteroatoms. The molecule has 1 aliphatic rings. The van der Waals surface area contributed by atoms with Crippen molar-refractivity contribution < 1.29 is 9.13 Å². The maximum atomic E-state index is 12.8. The lowest BCUT2D eigenvalue weighted by molar-refractivity contribution is 0.122. The summed E-state index contributed by atoms with van der Waals surface area (Å²) in [6.07, 6.45) is 1.00. The quantitative estimate of drug-likeness (QED) is 0.721. The van der Waals surface area contributed by atoms with Crippen molar-refractivity contribution in [1.29, 1.82) is 0 Å². The molecular formula is C18H23FN2OS. The van der Waals surface area contributed by atoms with Crippen molar-refractivity contribution in [3.05, 3.63) is 52.5 Å². The van der Waals surface area contributed by atoms with Crippen molar-refractivity contribution >= 4 is 11.3 Å². The Morgan fingerprint density at radius 1 is 1.00 bits per heavy atom. The van der Waals surface area contributed by atoms with Crippen LogP contribution in [0.5, 0.6) is 5.75 Å². The molecule has 2 aromatic rings. The van der Waals surface area contributed by atoms with Gasteiger partial charge in [0.25, 0.3) is 0 Å². The molecule has 124 valence electrons. The van der Waals surface area contributed by atoms with Crippen LogP contribution in [0.25, 0.3) is 0 Å². The van der Waals surface area contributed by atoms with Crippen molar-refractivity contribution in [3.8, 4) is 5.75 Å². The SMILES string of the molecule is Fc1ccc(OCCCN2CCN(Cc3cccs3)CC2)cc1. The number of ether oxygens (including phenoxy) is 1. The number of hydrogen-bond donors (Lipinski definition) is 0. The van der Waals surface area contributed by atoms with Crippen molar-refractivity contribution in [2.45, 2.75) is 13.0 Å².